The van der Waals surface area contributed by atoms with Crippen LogP contribution in [-0.2, 0) is 13.2 Å². The predicted octanol–water partition coefficient (Wildman–Crippen LogP) is 2.02. The molecule has 0 aliphatic rings. The van der Waals surface area contributed by atoms with Crippen LogP contribution in [-0.4, -0.2) is 10.1 Å². The number of hydrogen-bond acceptors (Lipinski definition) is 4. The highest BCUT2D eigenvalue weighted by atomic mass is 16.4. The van der Waals surface area contributed by atoms with E-state index in [1.807, 2.05) is 18.2 Å². The molecule has 90 valence electrons. The fraction of sp³-hybridized carbons (Fsp3) is 0.308. The first-order valence-electron chi connectivity index (χ1n) is 5.61. The van der Waals surface area contributed by atoms with Gasteiger partial charge in [0.05, 0.1) is 6.54 Å². The van der Waals surface area contributed by atoms with Crippen LogP contribution in [0.4, 0.5) is 0 Å². The standard InChI is InChI=1S/C13H16N2O2/c1-10(11-4-6-14-7-5-11)15-8-12-2-3-13(9-16)17-12/h2-7,10,15-16H,8-9H2,1H3/t10-/m1/s1. The summed E-state index contributed by atoms with van der Waals surface area (Å²) < 4.78 is 5.39. The average molecular weight is 232 g/mol. The van der Waals surface area contributed by atoms with Crippen LogP contribution in [0.15, 0.2) is 41.1 Å². The minimum atomic E-state index is -0.0556. The molecule has 0 spiro atoms. The van der Waals surface area contributed by atoms with Crippen LogP contribution >= 0.6 is 0 Å². The SMILES string of the molecule is C[C@@H](NCc1ccc(CO)o1)c1ccncc1. The summed E-state index contributed by atoms with van der Waals surface area (Å²) in [7, 11) is 0. The number of aromatic nitrogens is 1. The molecule has 17 heavy (non-hydrogen) atoms. The number of aliphatic hydroxyl groups excluding tert-OH is 1. The van der Waals surface area contributed by atoms with Gasteiger partial charge in [0, 0.05) is 18.4 Å². The summed E-state index contributed by atoms with van der Waals surface area (Å²) >= 11 is 0. The maximum Gasteiger partial charge on any atom is 0.129 e. The molecule has 0 bridgehead atoms. The van der Waals surface area contributed by atoms with Gasteiger partial charge in [-0.15, -0.1) is 0 Å². The van der Waals surface area contributed by atoms with Gasteiger partial charge in [0.25, 0.3) is 0 Å². The second-order valence-electron chi connectivity index (χ2n) is 3.91. The summed E-state index contributed by atoms with van der Waals surface area (Å²) in [4.78, 5) is 3.99. The third kappa shape index (κ3) is 3.15. The third-order valence-electron chi connectivity index (χ3n) is 2.66. The Balaban J connectivity index is 1.90. The van der Waals surface area contributed by atoms with Crippen molar-refractivity contribution in [1.29, 1.82) is 0 Å². The van der Waals surface area contributed by atoms with Crippen LogP contribution in [0.25, 0.3) is 0 Å². The number of hydrogen-bond donors (Lipinski definition) is 2. The fourth-order valence-electron chi connectivity index (χ4n) is 1.63. The van der Waals surface area contributed by atoms with E-state index < -0.39 is 0 Å². The predicted molar refractivity (Wildman–Crippen MR) is 64.1 cm³/mol. The Morgan fingerprint density at radius 2 is 1.94 bits per heavy atom. The molecule has 0 aliphatic carbocycles. The van der Waals surface area contributed by atoms with Gasteiger partial charge in [-0.2, -0.15) is 0 Å². The molecule has 2 aromatic heterocycles. The number of nitrogens with zero attached hydrogens (tertiary/aromatic N) is 1. The average Bonchev–Trinajstić information content (AvgIpc) is 2.85. The molecule has 0 saturated carbocycles. The van der Waals surface area contributed by atoms with E-state index in [0.717, 1.165) is 5.76 Å². The van der Waals surface area contributed by atoms with Crippen molar-refractivity contribution in [2.24, 2.45) is 0 Å². The summed E-state index contributed by atoms with van der Waals surface area (Å²) in [5.74, 6) is 1.42. The van der Waals surface area contributed by atoms with Crippen molar-refractivity contribution in [3.8, 4) is 0 Å². The third-order valence-corrected chi connectivity index (χ3v) is 2.66. The normalized spacial score (nSPS) is 12.6. The lowest BCUT2D eigenvalue weighted by atomic mass is 10.1. The lowest BCUT2D eigenvalue weighted by Crippen LogP contribution is -2.17. The quantitative estimate of drug-likeness (QED) is 0.828. The highest BCUT2D eigenvalue weighted by Gasteiger charge is 2.06. The molecule has 0 saturated heterocycles. The Morgan fingerprint density at radius 3 is 2.59 bits per heavy atom. The molecule has 0 unspecified atom stereocenters. The summed E-state index contributed by atoms with van der Waals surface area (Å²) in [6.07, 6.45) is 3.56. The van der Waals surface area contributed by atoms with Crippen molar-refractivity contribution in [2.75, 3.05) is 0 Å². The molecule has 0 fully saturated rings. The first kappa shape index (κ1) is 11.8. The van der Waals surface area contributed by atoms with Crippen molar-refractivity contribution >= 4 is 0 Å². The Bertz CT molecular complexity index is 453. The van der Waals surface area contributed by atoms with E-state index in [2.05, 4.69) is 17.2 Å². The Hall–Kier alpha value is -1.65. The monoisotopic (exact) mass is 232 g/mol. The maximum absolute atomic E-state index is 8.89. The van der Waals surface area contributed by atoms with Crippen LogP contribution in [0.1, 0.15) is 30.0 Å². The minimum Gasteiger partial charge on any atom is -0.462 e. The van der Waals surface area contributed by atoms with Crippen molar-refractivity contribution in [3.63, 3.8) is 0 Å². The van der Waals surface area contributed by atoms with Gasteiger partial charge in [-0.05, 0) is 36.8 Å². The number of aliphatic hydroxyl groups is 1. The molecule has 0 aliphatic heterocycles. The zero-order chi connectivity index (χ0) is 12.1. The van der Waals surface area contributed by atoms with Gasteiger partial charge < -0.3 is 14.8 Å². The molecule has 2 aromatic rings. The molecular formula is C13H16N2O2. The van der Waals surface area contributed by atoms with Gasteiger partial charge in [-0.25, -0.2) is 0 Å². The molecule has 4 heteroatoms. The Morgan fingerprint density at radius 1 is 1.24 bits per heavy atom. The first-order valence-corrected chi connectivity index (χ1v) is 5.61. The van der Waals surface area contributed by atoms with Crippen molar-refractivity contribution in [1.82, 2.24) is 10.3 Å². The molecule has 2 rings (SSSR count). The van der Waals surface area contributed by atoms with E-state index in [1.54, 1.807) is 18.5 Å². The van der Waals surface area contributed by atoms with Crippen molar-refractivity contribution < 1.29 is 9.52 Å². The summed E-state index contributed by atoms with van der Waals surface area (Å²) in [5, 5.41) is 12.2. The molecule has 4 nitrogen and oxygen atoms in total. The molecule has 2 heterocycles. The van der Waals surface area contributed by atoms with E-state index >= 15 is 0 Å². The largest absolute Gasteiger partial charge is 0.462 e. The molecule has 0 amide bonds. The zero-order valence-electron chi connectivity index (χ0n) is 9.76. The molecule has 1 atom stereocenters. The number of furan rings is 1. The van der Waals surface area contributed by atoms with Gasteiger partial charge in [0.15, 0.2) is 0 Å². The van der Waals surface area contributed by atoms with E-state index in [-0.39, 0.29) is 12.6 Å². The van der Waals surface area contributed by atoms with Gasteiger partial charge in [-0.3, -0.25) is 4.98 Å². The molecule has 0 radical (unpaired) electrons. The topological polar surface area (TPSA) is 58.3 Å². The van der Waals surface area contributed by atoms with Crippen LogP contribution in [0.3, 0.4) is 0 Å². The van der Waals surface area contributed by atoms with Crippen LogP contribution in [0, 0.1) is 0 Å². The summed E-state index contributed by atoms with van der Waals surface area (Å²) in [5.41, 5.74) is 1.19. The van der Waals surface area contributed by atoms with E-state index in [4.69, 9.17) is 9.52 Å². The van der Waals surface area contributed by atoms with E-state index in [0.29, 0.717) is 12.3 Å². The fourth-order valence-corrected chi connectivity index (χ4v) is 1.63. The first-order chi connectivity index (χ1) is 8.29. The van der Waals surface area contributed by atoms with E-state index in [9.17, 15) is 0 Å². The highest BCUT2D eigenvalue weighted by molar-refractivity contribution is 5.14. The van der Waals surface area contributed by atoms with Gasteiger partial charge in [0.2, 0.25) is 0 Å². The summed E-state index contributed by atoms with van der Waals surface area (Å²) in [6, 6.07) is 7.87. The van der Waals surface area contributed by atoms with Crippen molar-refractivity contribution in [2.45, 2.75) is 26.1 Å². The van der Waals surface area contributed by atoms with Crippen LogP contribution < -0.4 is 5.32 Å². The lowest BCUT2D eigenvalue weighted by molar-refractivity contribution is 0.242. The second-order valence-corrected chi connectivity index (χ2v) is 3.91. The summed E-state index contributed by atoms with van der Waals surface area (Å²) in [6.45, 7) is 2.68. The number of pyridine rings is 1. The highest BCUT2D eigenvalue weighted by Crippen LogP contribution is 2.13. The van der Waals surface area contributed by atoms with Crippen LogP contribution in [0.2, 0.25) is 0 Å². The lowest BCUT2D eigenvalue weighted by Gasteiger charge is -2.12. The van der Waals surface area contributed by atoms with Crippen molar-refractivity contribution in [3.05, 3.63) is 53.7 Å². The molecule has 2 N–H and O–H groups in total. The van der Waals surface area contributed by atoms with E-state index in [1.165, 1.54) is 5.56 Å². The van der Waals surface area contributed by atoms with Gasteiger partial charge in [-0.1, -0.05) is 0 Å². The van der Waals surface area contributed by atoms with Crippen LogP contribution in [0.5, 0.6) is 0 Å². The number of rotatable bonds is 5. The van der Waals surface area contributed by atoms with Gasteiger partial charge in [0.1, 0.15) is 18.1 Å². The maximum atomic E-state index is 8.89. The van der Waals surface area contributed by atoms with Gasteiger partial charge >= 0.3 is 0 Å². The molecule has 0 aromatic carbocycles. The zero-order valence-corrected chi connectivity index (χ0v) is 9.76. The Kier molecular flexibility index (Phi) is 3.90. The molecular weight excluding hydrogens is 216 g/mol. The second kappa shape index (κ2) is 5.61. The number of nitrogens with one attached hydrogen (secondary N) is 1. The Labute approximate surface area is 100 Å². The minimum absolute atomic E-state index is 0.0556. The smallest absolute Gasteiger partial charge is 0.129 e.